The Hall–Kier alpha value is -2.38. The van der Waals surface area contributed by atoms with Crippen LogP contribution in [0.5, 0.6) is 5.75 Å². The number of ketones is 1. The van der Waals surface area contributed by atoms with E-state index < -0.39 is 0 Å². The molecule has 1 aromatic heterocycles. The van der Waals surface area contributed by atoms with Crippen LogP contribution in [-0.4, -0.2) is 60.4 Å². The van der Waals surface area contributed by atoms with Gasteiger partial charge in [0.25, 0.3) is 0 Å². The standard InChI is InChI=1S/C22H21Cl2N3O3/c1-29-22-20(19(28)14-26-10-12-30-13-11-26)25-27(18-5-3-2-4-17(18)24)21(22)15-6-8-16(23)9-7-15/h2-9H,10-14H2,1H3. The number of benzene rings is 2. The van der Waals surface area contributed by atoms with Crippen LogP contribution in [0, 0.1) is 0 Å². The van der Waals surface area contributed by atoms with Crippen molar-refractivity contribution in [3.8, 4) is 22.7 Å². The molecule has 0 spiro atoms. The fourth-order valence-electron chi connectivity index (χ4n) is 3.48. The van der Waals surface area contributed by atoms with Gasteiger partial charge in [-0.25, -0.2) is 4.68 Å². The zero-order valence-electron chi connectivity index (χ0n) is 16.5. The van der Waals surface area contributed by atoms with Crippen LogP contribution in [0.4, 0.5) is 0 Å². The van der Waals surface area contributed by atoms with E-state index in [1.54, 1.807) is 30.0 Å². The molecular formula is C22H21Cl2N3O3. The average Bonchev–Trinajstić information content (AvgIpc) is 3.15. The van der Waals surface area contributed by atoms with E-state index in [4.69, 9.17) is 32.7 Å². The van der Waals surface area contributed by atoms with E-state index in [-0.39, 0.29) is 18.0 Å². The minimum atomic E-state index is -0.116. The van der Waals surface area contributed by atoms with Gasteiger partial charge in [0.1, 0.15) is 5.69 Å². The van der Waals surface area contributed by atoms with Crippen LogP contribution in [0.2, 0.25) is 10.0 Å². The topological polar surface area (TPSA) is 56.6 Å². The van der Waals surface area contributed by atoms with Crippen molar-refractivity contribution in [2.24, 2.45) is 0 Å². The highest BCUT2D eigenvalue weighted by atomic mass is 35.5. The van der Waals surface area contributed by atoms with Crippen molar-refractivity contribution < 1.29 is 14.3 Å². The summed E-state index contributed by atoms with van der Waals surface area (Å²) in [5, 5.41) is 5.78. The second-order valence-electron chi connectivity index (χ2n) is 6.91. The van der Waals surface area contributed by atoms with E-state index in [0.717, 1.165) is 5.56 Å². The molecule has 0 aliphatic carbocycles. The number of halogens is 2. The van der Waals surface area contributed by atoms with Crippen LogP contribution >= 0.6 is 23.2 Å². The molecule has 1 aliphatic heterocycles. The maximum atomic E-state index is 13.2. The van der Waals surface area contributed by atoms with Crippen LogP contribution in [-0.2, 0) is 4.74 Å². The molecule has 0 saturated carbocycles. The molecule has 0 radical (unpaired) electrons. The Morgan fingerprint density at radius 1 is 1.10 bits per heavy atom. The van der Waals surface area contributed by atoms with Gasteiger partial charge in [0.05, 0.1) is 37.6 Å². The molecule has 0 bridgehead atoms. The molecule has 3 aromatic rings. The normalized spacial score (nSPS) is 14.6. The molecule has 1 fully saturated rings. The number of hydrogen-bond donors (Lipinski definition) is 0. The first-order valence-corrected chi connectivity index (χ1v) is 10.3. The number of Topliss-reactive ketones (excluding diaryl/α,β-unsaturated/α-hetero) is 1. The highest BCUT2D eigenvalue weighted by Gasteiger charge is 2.28. The maximum absolute atomic E-state index is 13.2. The van der Waals surface area contributed by atoms with Crippen LogP contribution in [0.15, 0.2) is 48.5 Å². The molecule has 1 saturated heterocycles. The zero-order chi connectivity index (χ0) is 21.1. The molecule has 0 atom stereocenters. The van der Waals surface area contributed by atoms with Gasteiger partial charge >= 0.3 is 0 Å². The predicted octanol–water partition coefficient (Wildman–Crippen LogP) is 4.37. The van der Waals surface area contributed by atoms with Crippen molar-refractivity contribution in [3.05, 3.63) is 64.3 Å². The Morgan fingerprint density at radius 2 is 1.80 bits per heavy atom. The van der Waals surface area contributed by atoms with Gasteiger partial charge in [-0.15, -0.1) is 0 Å². The summed E-state index contributed by atoms with van der Waals surface area (Å²) < 4.78 is 12.7. The summed E-state index contributed by atoms with van der Waals surface area (Å²) in [6.45, 7) is 2.91. The number of morpholine rings is 1. The Kier molecular flexibility index (Phi) is 6.39. The van der Waals surface area contributed by atoms with Gasteiger partial charge in [0.2, 0.25) is 5.78 Å². The highest BCUT2D eigenvalue weighted by Crippen LogP contribution is 2.37. The number of ether oxygens (including phenoxy) is 2. The first kappa shape index (κ1) is 20.9. The van der Waals surface area contributed by atoms with Crippen LogP contribution in [0.25, 0.3) is 16.9 Å². The molecule has 156 valence electrons. The summed E-state index contributed by atoms with van der Waals surface area (Å²) >= 11 is 12.5. The molecular weight excluding hydrogens is 425 g/mol. The number of rotatable bonds is 6. The van der Waals surface area contributed by atoms with Crippen molar-refractivity contribution in [2.75, 3.05) is 40.0 Å². The van der Waals surface area contributed by atoms with Crippen molar-refractivity contribution >= 4 is 29.0 Å². The Labute approximate surface area is 184 Å². The molecule has 8 heteroatoms. The highest BCUT2D eigenvalue weighted by molar-refractivity contribution is 6.32. The van der Waals surface area contributed by atoms with E-state index in [2.05, 4.69) is 10.00 Å². The Balaban J connectivity index is 1.83. The smallest absolute Gasteiger partial charge is 0.200 e. The van der Waals surface area contributed by atoms with Crippen molar-refractivity contribution in [1.82, 2.24) is 14.7 Å². The second-order valence-corrected chi connectivity index (χ2v) is 7.76. The molecule has 0 amide bonds. The summed E-state index contributed by atoms with van der Waals surface area (Å²) in [6.07, 6.45) is 0. The van der Waals surface area contributed by atoms with Gasteiger partial charge in [-0.1, -0.05) is 47.5 Å². The van der Waals surface area contributed by atoms with Gasteiger partial charge in [-0.2, -0.15) is 5.10 Å². The first-order valence-electron chi connectivity index (χ1n) is 9.59. The average molecular weight is 446 g/mol. The van der Waals surface area contributed by atoms with Gasteiger partial charge in [0, 0.05) is 23.7 Å². The number of carbonyl (C=O) groups excluding carboxylic acids is 1. The van der Waals surface area contributed by atoms with Crippen molar-refractivity contribution in [2.45, 2.75) is 0 Å². The number of aromatic nitrogens is 2. The Bertz CT molecular complexity index is 1040. The lowest BCUT2D eigenvalue weighted by atomic mass is 10.1. The molecule has 30 heavy (non-hydrogen) atoms. The summed E-state index contributed by atoms with van der Waals surface area (Å²) in [7, 11) is 1.54. The molecule has 6 nitrogen and oxygen atoms in total. The summed E-state index contributed by atoms with van der Waals surface area (Å²) in [6, 6.07) is 14.7. The summed E-state index contributed by atoms with van der Waals surface area (Å²) in [5.41, 5.74) is 2.39. The first-order chi connectivity index (χ1) is 14.6. The van der Waals surface area contributed by atoms with Crippen molar-refractivity contribution in [3.63, 3.8) is 0 Å². The number of para-hydroxylation sites is 1. The quantitative estimate of drug-likeness (QED) is 0.527. The molecule has 0 N–H and O–H groups in total. The van der Waals surface area contributed by atoms with Crippen LogP contribution < -0.4 is 4.74 Å². The molecule has 1 aliphatic rings. The third kappa shape index (κ3) is 4.23. The fourth-order valence-corrected chi connectivity index (χ4v) is 3.82. The van der Waals surface area contributed by atoms with E-state index >= 15 is 0 Å². The van der Waals surface area contributed by atoms with E-state index in [0.29, 0.717) is 53.5 Å². The number of methoxy groups -OCH3 is 1. The van der Waals surface area contributed by atoms with Gasteiger partial charge in [-0.05, 0) is 24.3 Å². The maximum Gasteiger partial charge on any atom is 0.200 e. The third-order valence-corrected chi connectivity index (χ3v) is 5.55. The van der Waals surface area contributed by atoms with Crippen LogP contribution in [0.1, 0.15) is 10.5 Å². The van der Waals surface area contributed by atoms with E-state index in [1.807, 2.05) is 30.3 Å². The molecule has 2 heterocycles. The third-order valence-electron chi connectivity index (χ3n) is 4.98. The lowest BCUT2D eigenvalue weighted by Crippen LogP contribution is -2.39. The van der Waals surface area contributed by atoms with Crippen molar-refractivity contribution in [1.29, 1.82) is 0 Å². The Morgan fingerprint density at radius 3 is 2.47 bits per heavy atom. The number of carbonyl (C=O) groups is 1. The van der Waals surface area contributed by atoms with E-state index in [1.165, 1.54) is 0 Å². The second kappa shape index (κ2) is 9.18. The fraction of sp³-hybridized carbons (Fsp3) is 0.273. The number of nitrogens with zero attached hydrogens (tertiary/aromatic N) is 3. The number of hydrogen-bond acceptors (Lipinski definition) is 5. The summed E-state index contributed by atoms with van der Waals surface area (Å²) in [4.78, 5) is 15.2. The lowest BCUT2D eigenvalue weighted by Gasteiger charge is -2.25. The van der Waals surface area contributed by atoms with Crippen LogP contribution in [0.3, 0.4) is 0 Å². The monoisotopic (exact) mass is 445 g/mol. The SMILES string of the molecule is COc1c(C(=O)CN2CCOCC2)nn(-c2ccccc2Cl)c1-c1ccc(Cl)cc1. The molecule has 2 aromatic carbocycles. The lowest BCUT2D eigenvalue weighted by molar-refractivity contribution is 0.0369. The zero-order valence-corrected chi connectivity index (χ0v) is 18.0. The minimum Gasteiger partial charge on any atom is -0.492 e. The van der Waals surface area contributed by atoms with Gasteiger partial charge < -0.3 is 9.47 Å². The predicted molar refractivity (Wildman–Crippen MR) is 117 cm³/mol. The van der Waals surface area contributed by atoms with E-state index in [9.17, 15) is 4.79 Å². The van der Waals surface area contributed by atoms with Gasteiger partial charge in [-0.3, -0.25) is 9.69 Å². The van der Waals surface area contributed by atoms with Gasteiger partial charge in [0.15, 0.2) is 11.4 Å². The molecule has 0 unspecified atom stereocenters. The molecule has 4 rings (SSSR count). The summed E-state index contributed by atoms with van der Waals surface area (Å²) in [5.74, 6) is 0.297. The largest absolute Gasteiger partial charge is 0.492 e. The minimum absolute atomic E-state index is 0.116.